The number of hydrogen-bond acceptors (Lipinski definition) is 3. The molecule has 0 saturated carbocycles. The van der Waals surface area contributed by atoms with Crippen LogP contribution in [0.5, 0.6) is 0 Å². The highest BCUT2D eigenvalue weighted by Gasteiger charge is 2.26. The molecular formula is C10H21N3O. The largest absolute Gasteiger partial charge is 0.340 e. The molecule has 4 N–H and O–H groups in total. The van der Waals surface area contributed by atoms with Crippen LogP contribution in [-0.2, 0) is 4.79 Å². The molecule has 1 fully saturated rings. The molecule has 1 aliphatic heterocycles. The third-order valence-electron chi connectivity index (χ3n) is 2.77. The third-order valence-corrected chi connectivity index (χ3v) is 2.77. The van der Waals surface area contributed by atoms with Crippen molar-refractivity contribution in [2.45, 2.75) is 38.8 Å². The Morgan fingerprint density at radius 2 is 2.14 bits per heavy atom. The van der Waals surface area contributed by atoms with Crippen molar-refractivity contribution in [1.82, 2.24) is 4.90 Å². The average Bonchev–Trinajstić information content (AvgIpc) is 2.15. The van der Waals surface area contributed by atoms with Crippen molar-refractivity contribution >= 4 is 5.91 Å². The lowest BCUT2D eigenvalue weighted by molar-refractivity contribution is -0.134. The number of hydrogen-bond donors (Lipinski definition) is 2. The van der Waals surface area contributed by atoms with Crippen molar-refractivity contribution in [3.63, 3.8) is 0 Å². The van der Waals surface area contributed by atoms with Crippen molar-refractivity contribution in [3.8, 4) is 0 Å². The first-order valence-corrected chi connectivity index (χ1v) is 5.32. The Bertz CT molecular complexity index is 206. The molecule has 82 valence electrons. The predicted molar refractivity (Wildman–Crippen MR) is 56.6 cm³/mol. The lowest BCUT2D eigenvalue weighted by Crippen LogP contribution is -2.52. The fourth-order valence-electron chi connectivity index (χ4n) is 1.71. The SMILES string of the molecule is CC(C)[C@@H](N)C(=O)N1CCCC(N)C1. The minimum atomic E-state index is -0.375. The molecular weight excluding hydrogens is 178 g/mol. The van der Waals surface area contributed by atoms with Crippen LogP contribution >= 0.6 is 0 Å². The second-order valence-corrected chi connectivity index (χ2v) is 4.46. The molecule has 0 spiro atoms. The van der Waals surface area contributed by atoms with Crippen molar-refractivity contribution in [3.05, 3.63) is 0 Å². The quantitative estimate of drug-likeness (QED) is 0.653. The van der Waals surface area contributed by atoms with Crippen LogP contribution in [0.4, 0.5) is 0 Å². The molecule has 1 unspecified atom stereocenters. The Balaban J connectivity index is 2.51. The van der Waals surface area contributed by atoms with Gasteiger partial charge in [-0.15, -0.1) is 0 Å². The summed E-state index contributed by atoms with van der Waals surface area (Å²) in [6.07, 6.45) is 2.01. The van der Waals surface area contributed by atoms with E-state index in [2.05, 4.69) is 0 Å². The molecule has 1 heterocycles. The van der Waals surface area contributed by atoms with Crippen LogP contribution in [0.2, 0.25) is 0 Å². The van der Waals surface area contributed by atoms with E-state index in [1.807, 2.05) is 13.8 Å². The highest BCUT2D eigenvalue weighted by Crippen LogP contribution is 2.11. The fraction of sp³-hybridized carbons (Fsp3) is 0.900. The molecule has 0 bridgehead atoms. The van der Waals surface area contributed by atoms with E-state index in [9.17, 15) is 4.79 Å². The lowest BCUT2D eigenvalue weighted by atomic mass is 10.0. The van der Waals surface area contributed by atoms with Gasteiger partial charge in [-0.25, -0.2) is 0 Å². The van der Waals surface area contributed by atoms with E-state index in [1.54, 1.807) is 4.90 Å². The third kappa shape index (κ3) is 2.69. The van der Waals surface area contributed by atoms with Crippen LogP contribution in [0.3, 0.4) is 0 Å². The van der Waals surface area contributed by atoms with E-state index in [-0.39, 0.29) is 23.9 Å². The summed E-state index contributed by atoms with van der Waals surface area (Å²) < 4.78 is 0. The summed E-state index contributed by atoms with van der Waals surface area (Å²) in [7, 11) is 0. The van der Waals surface area contributed by atoms with E-state index in [1.165, 1.54) is 0 Å². The van der Waals surface area contributed by atoms with Gasteiger partial charge in [0.25, 0.3) is 0 Å². The summed E-state index contributed by atoms with van der Waals surface area (Å²) in [6.45, 7) is 5.41. The number of carbonyl (C=O) groups is 1. The molecule has 4 heteroatoms. The number of likely N-dealkylation sites (tertiary alicyclic amines) is 1. The van der Waals surface area contributed by atoms with E-state index in [0.29, 0.717) is 6.54 Å². The highest BCUT2D eigenvalue weighted by molar-refractivity contribution is 5.82. The van der Waals surface area contributed by atoms with Crippen LogP contribution in [0, 0.1) is 5.92 Å². The Morgan fingerprint density at radius 1 is 1.50 bits per heavy atom. The zero-order valence-electron chi connectivity index (χ0n) is 9.07. The molecule has 0 aromatic rings. The Hall–Kier alpha value is -0.610. The summed E-state index contributed by atoms with van der Waals surface area (Å²) in [6, 6.07) is -0.243. The zero-order valence-corrected chi connectivity index (χ0v) is 9.07. The monoisotopic (exact) mass is 199 g/mol. The molecule has 0 aromatic carbocycles. The van der Waals surface area contributed by atoms with Crippen molar-refractivity contribution in [2.75, 3.05) is 13.1 Å². The highest BCUT2D eigenvalue weighted by atomic mass is 16.2. The Labute approximate surface area is 85.6 Å². The maximum atomic E-state index is 11.8. The molecule has 1 aliphatic rings. The van der Waals surface area contributed by atoms with Gasteiger partial charge in [0.15, 0.2) is 0 Å². The number of amides is 1. The molecule has 0 aliphatic carbocycles. The second kappa shape index (κ2) is 4.75. The minimum Gasteiger partial charge on any atom is -0.340 e. The van der Waals surface area contributed by atoms with Gasteiger partial charge in [-0.2, -0.15) is 0 Å². The van der Waals surface area contributed by atoms with Gasteiger partial charge in [0.05, 0.1) is 6.04 Å². The summed E-state index contributed by atoms with van der Waals surface area (Å²) >= 11 is 0. The molecule has 2 atom stereocenters. The van der Waals surface area contributed by atoms with Crippen molar-refractivity contribution in [1.29, 1.82) is 0 Å². The molecule has 4 nitrogen and oxygen atoms in total. The first-order valence-electron chi connectivity index (χ1n) is 5.32. The number of nitrogens with two attached hydrogens (primary N) is 2. The number of rotatable bonds is 2. The first kappa shape index (κ1) is 11.5. The summed E-state index contributed by atoms with van der Waals surface area (Å²) in [5.41, 5.74) is 11.6. The maximum Gasteiger partial charge on any atom is 0.239 e. The van der Waals surface area contributed by atoms with Gasteiger partial charge in [0.2, 0.25) is 5.91 Å². The predicted octanol–water partition coefficient (Wildman–Crippen LogP) is -0.0806. The maximum absolute atomic E-state index is 11.8. The summed E-state index contributed by atoms with van der Waals surface area (Å²) in [5.74, 6) is 0.246. The molecule has 1 amide bonds. The molecule has 0 aromatic heterocycles. The summed E-state index contributed by atoms with van der Waals surface area (Å²) in [5, 5.41) is 0. The van der Waals surface area contributed by atoms with E-state index in [4.69, 9.17) is 11.5 Å². The van der Waals surface area contributed by atoms with Gasteiger partial charge in [-0.05, 0) is 18.8 Å². The first-order chi connectivity index (χ1) is 6.52. The molecule has 0 radical (unpaired) electrons. The van der Waals surface area contributed by atoms with E-state index < -0.39 is 0 Å². The van der Waals surface area contributed by atoms with Gasteiger partial charge in [0.1, 0.15) is 0 Å². The standard InChI is InChI=1S/C10H21N3O/c1-7(2)9(12)10(14)13-5-3-4-8(11)6-13/h7-9H,3-6,11-12H2,1-2H3/t8?,9-/m1/s1. The van der Waals surface area contributed by atoms with Gasteiger partial charge in [-0.1, -0.05) is 13.8 Å². The number of nitrogens with zero attached hydrogens (tertiary/aromatic N) is 1. The molecule has 1 saturated heterocycles. The summed E-state index contributed by atoms with van der Waals surface area (Å²) in [4.78, 5) is 13.6. The van der Waals surface area contributed by atoms with Crippen molar-refractivity contribution in [2.24, 2.45) is 17.4 Å². The topological polar surface area (TPSA) is 72.4 Å². The Kier molecular flexibility index (Phi) is 3.89. The minimum absolute atomic E-state index is 0.0511. The smallest absolute Gasteiger partial charge is 0.239 e. The van der Waals surface area contributed by atoms with Crippen molar-refractivity contribution < 1.29 is 4.79 Å². The number of carbonyl (C=O) groups excluding carboxylic acids is 1. The van der Waals surface area contributed by atoms with E-state index in [0.717, 1.165) is 19.4 Å². The van der Waals surface area contributed by atoms with Gasteiger partial charge in [-0.3, -0.25) is 4.79 Å². The number of piperidine rings is 1. The zero-order chi connectivity index (χ0) is 10.7. The lowest BCUT2D eigenvalue weighted by Gasteiger charge is -2.33. The van der Waals surface area contributed by atoms with E-state index >= 15 is 0 Å². The normalized spacial score (nSPS) is 25.2. The fourth-order valence-corrected chi connectivity index (χ4v) is 1.71. The Morgan fingerprint density at radius 3 is 2.64 bits per heavy atom. The van der Waals surface area contributed by atoms with Gasteiger partial charge >= 0.3 is 0 Å². The van der Waals surface area contributed by atoms with Gasteiger partial charge in [0, 0.05) is 19.1 Å². The van der Waals surface area contributed by atoms with Crippen LogP contribution in [-0.4, -0.2) is 36.0 Å². The van der Waals surface area contributed by atoms with Crippen LogP contribution in [0.1, 0.15) is 26.7 Å². The van der Waals surface area contributed by atoms with Gasteiger partial charge < -0.3 is 16.4 Å². The van der Waals surface area contributed by atoms with Crippen LogP contribution in [0.15, 0.2) is 0 Å². The molecule has 14 heavy (non-hydrogen) atoms. The molecule has 1 rings (SSSR count). The van der Waals surface area contributed by atoms with Crippen LogP contribution in [0.25, 0.3) is 0 Å². The average molecular weight is 199 g/mol. The second-order valence-electron chi connectivity index (χ2n) is 4.46. The van der Waals surface area contributed by atoms with Crippen LogP contribution < -0.4 is 11.5 Å².